The molecule has 1 atom stereocenters. The van der Waals surface area contributed by atoms with Gasteiger partial charge in [0.05, 0.1) is 0 Å². The van der Waals surface area contributed by atoms with E-state index in [1.165, 1.54) is 5.56 Å². The zero-order valence-electron chi connectivity index (χ0n) is 11.4. The van der Waals surface area contributed by atoms with Gasteiger partial charge in [-0.2, -0.15) is 0 Å². The summed E-state index contributed by atoms with van der Waals surface area (Å²) in [5.74, 6) is 0.102. The van der Waals surface area contributed by atoms with E-state index < -0.39 is 0 Å². The Hall–Kier alpha value is -1.51. The number of para-hydroxylation sites is 1. The van der Waals surface area contributed by atoms with Gasteiger partial charge in [0, 0.05) is 17.6 Å². The van der Waals surface area contributed by atoms with Crippen LogP contribution in [0.15, 0.2) is 24.3 Å². The van der Waals surface area contributed by atoms with Gasteiger partial charge in [0.1, 0.15) is 6.04 Å². The number of nitrogens with one attached hydrogen (secondary N) is 2. The highest BCUT2D eigenvalue weighted by Gasteiger charge is 2.29. The van der Waals surface area contributed by atoms with Crippen molar-refractivity contribution in [3.05, 3.63) is 29.8 Å². The standard InChI is InChI=1S/C15H22N2O/c1-4-9-15(2,3)17-14(18)13-10-11-7-5-6-8-12(11)16-13/h5-8,13,16H,4,9-10H2,1-3H3,(H,17,18). The molecule has 0 saturated carbocycles. The van der Waals surface area contributed by atoms with Crippen molar-refractivity contribution in [3.63, 3.8) is 0 Å². The Labute approximate surface area is 109 Å². The predicted octanol–water partition coefficient (Wildman–Crippen LogP) is 2.72. The molecule has 0 bridgehead atoms. The van der Waals surface area contributed by atoms with E-state index in [-0.39, 0.29) is 17.5 Å². The summed E-state index contributed by atoms with van der Waals surface area (Å²) in [5.41, 5.74) is 2.19. The largest absolute Gasteiger partial charge is 0.373 e. The Kier molecular flexibility index (Phi) is 3.60. The minimum Gasteiger partial charge on any atom is -0.373 e. The highest BCUT2D eigenvalue weighted by Crippen LogP contribution is 2.25. The summed E-state index contributed by atoms with van der Waals surface area (Å²) in [4.78, 5) is 12.2. The van der Waals surface area contributed by atoms with E-state index >= 15 is 0 Å². The van der Waals surface area contributed by atoms with E-state index in [1.54, 1.807) is 0 Å². The SMILES string of the molecule is CCCC(C)(C)NC(=O)C1Cc2ccccc2N1. The minimum absolute atomic E-state index is 0.102. The fraction of sp³-hybridized carbons (Fsp3) is 0.533. The van der Waals surface area contributed by atoms with Crippen LogP contribution in [0.25, 0.3) is 0 Å². The summed E-state index contributed by atoms with van der Waals surface area (Å²) in [6, 6.07) is 7.99. The Morgan fingerprint density at radius 1 is 1.44 bits per heavy atom. The second kappa shape index (κ2) is 5.01. The van der Waals surface area contributed by atoms with Gasteiger partial charge in [0.2, 0.25) is 5.91 Å². The van der Waals surface area contributed by atoms with Crippen LogP contribution in [0.5, 0.6) is 0 Å². The van der Waals surface area contributed by atoms with Gasteiger partial charge in [-0.25, -0.2) is 0 Å². The molecule has 0 aliphatic carbocycles. The van der Waals surface area contributed by atoms with Crippen molar-refractivity contribution in [1.29, 1.82) is 0 Å². The van der Waals surface area contributed by atoms with E-state index in [0.29, 0.717) is 0 Å². The van der Waals surface area contributed by atoms with Crippen molar-refractivity contribution >= 4 is 11.6 Å². The van der Waals surface area contributed by atoms with Gasteiger partial charge in [0.15, 0.2) is 0 Å². The van der Waals surface area contributed by atoms with Crippen LogP contribution in [0.2, 0.25) is 0 Å². The highest BCUT2D eigenvalue weighted by molar-refractivity contribution is 5.87. The van der Waals surface area contributed by atoms with E-state index in [9.17, 15) is 4.79 Å². The van der Waals surface area contributed by atoms with Crippen LogP contribution in [0.4, 0.5) is 5.69 Å². The lowest BCUT2D eigenvalue weighted by molar-refractivity contribution is -0.123. The molecule has 0 radical (unpaired) electrons. The molecule has 3 nitrogen and oxygen atoms in total. The van der Waals surface area contributed by atoms with Crippen molar-refractivity contribution in [3.8, 4) is 0 Å². The zero-order chi connectivity index (χ0) is 13.2. The molecule has 0 saturated heterocycles. The molecule has 2 rings (SSSR count). The fourth-order valence-corrected chi connectivity index (χ4v) is 2.56. The fourth-order valence-electron chi connectivity index (χ4n) is 2.56. The molecule has 18 heavy (non-hydrogen) atoms. The number of benzene rings is 1. The van der Waals surface area contributed by atoms with Crippen LogP contribution < -0.4 is 10.6 Å². The number of hydrogen-bond donors (Lipinski definition) is 2. The first-order valence-electron chi connectivity index (χ1n) is 6.68. The number of amides is 1. The summed E-state index contributed by atoms with van der Waals surface area (Å²) in [5, 5.41) is 6.42. The Balaban J connectivity index is 1.97. The lowest BCUT2D eigenvalue weighted by Gasteiger charge is -2.27. The minimum atomic E-state index is -0.126. The van der Waals surface area contributed by atoms with E-state index in [0.717, 1.165) is 24.9 Å². The van der Waals surface area contributed by atoms with Crippen LogP contribution in [-0.2, 0) is 11.2 Å². The first-order valence-corrected chi connectivity index (χ1v) is 6.68. The highest BCUT2D eigenvalue weighted by atomic mass is 16.2. The molecule has 3 heteroatoms. The van der Waals surface area contributed by atoms with Crippen molar-refractivity contribution in [2.24, 2.45) is 0 Å². The third kappa shape index (κ3) is 2.84. The number of carbonyl (C=O) groups excluding carboxylic acids is 1. The molecule has 0 spiro atoms. The summed E-state index contributed by atoms with van der Waals surface area (Å²) in [7, 11) is 0. The van der Waals surface area contributed by atoms with Crippen LogP contribution in [0, 0.1) is 0 Å². The molecule has 1 aliphatic rings. The summed E-state index contributed by atoms with van der Waals surface area (Å²) >= 11 is 0. The molecule has 1 aliphatic heterocycles. The lowest BCUT2D eigenvalue weighted by Crippen LogP contribution is -2.49. The molecular formula is C15H22N2O. The zero-order valence-corrected chi connectivity index (χ0v) is 11.4. The van der Waals surface area contributed by atoms with Gasteiger partial charge >= 0.3 is 0 Å². The van der Waals surface area contributed by atoms with Crippen LogP contribution >= 0.6 is 0 Å². The maximum Gasteiger partial charge on any atom is 0.243 e. The van der Waals surface area contributed by atoms with Gasteiger partial charge in [-0.3, -0.25) is 4.79 Å². The Bertz CT molecular complexity index is 415. The molecular weight excluding hydrogens is 224 g/mol. The second-order valence-corrected chi connectivity index (χ2v) is 5.68. The van der Waals surface area contributed by atoms with Crippen LogP contribution in [-0.4, -0.2) is 17.5 Å². The van der Waals surface area contributed by atoms with Gasteiger partial charge < -0.3 is 10.6 Å². The number of rotatable bonds is 4. The molecule has 0 aromatic heterocycles. The van der Waals surface area contributed by atoms with E-state index in [4.69, 9.17) is 0 Å². The van der Waals surface area contributed by atoms with Crippen molar-refractivity contribution in [2.75, 3.05) is 5.32 Å². The number of anilines is 1. The van der Waals surface area contributed by atoms with Crippen molar-refractivity contribution < 1.29 is 4.79 Å². The number of carbonyl (C=O) groups is 1. The van der Waals surface area contributed by atoms with E-state index in [2.05, 4.69) is 37.5 Å². The second-order valence-electron chi connectivity index (χ2n) is 5.68. The molecule has 0 fully saturated rings. The van der Waals surface area contributed by atoms with Gasteiger partial charge in [0.25, 0.3) is 0 Å². The normalized spacial score (nSPS) is 18.1. The molecule has 98 valence electrons. The average molecular weight is 246 g/mol. The van der Waals surface area contributed by atoms with Crippen molar-refractivity contribution in [2.45, 2.75) is 51.6 Å². The molecule has 1 heterocycles. The Morgan fingerprint density at radius 2 is 2.17 bits per heavy atom. The third-order valence-corrected chi connectivity index (χ3v) is 3.42. The first-order chi connectivity index (χ1) is 8.52. The average Bonchev–Trinajstić information content (AvgIpc) is 2.71. The third-order valence-electron chi connectivity index (χ3n) is 3.42. The summed E-state index contributed by atoms with van der Waals surface area (Å²) < 4.78 is 0. The van der Waals surface area contributed by atoms with E-state index in [1.807, 2.05) is 18.2 Å². The van der Waals surface area contributed by atoms with Crippen LogP contribution in [0.1, 0.15) is 39.2 Å². The van der Waals surface area contributed by atoms with Crippen molar-refractivity contribution in [1.82, 2.24) is 5.32 Å². The molecule has 1 aromatic rings. The van der Waals surface area contributed by atoms with Gasteiger partial charge in [-0.05, 0) is 31.9 Å². The summed E-state index contributed by atoms with van der Waals surface area (Å²) in [6.07, 6.45) is 2.86. The molecule has 1 unspecified atom stereocenters. The topological polar surface area (TPSA) is 41.1 Å². The van der Waals surface area contributed by atoms with Gasteiger partial charge in [-0.15, -0.1) is 0 Å². The molecule has 1 aromatic carbocycles. The first kappa shape index (κ1) is 12.9. The monoisotopic (exact) mass is 246 g/mol. The molecule has 1 amide bonds. The number of fused-ring (bicyclic) bond motifs is 1. The lowest BCUT2D eigenvalue weighted by atomic mass is 9.98. The predicted molar refractivity (Wildman–Crippen MR) is 74.7 cm³/mol. The maximum atomic E-state index is 12.2. The van der Waals surface area contributed by atoms with Gasteiger partial charge in [-0.1, -0.05) is 31.5 Å². The summed E-state index contributed by atoms with van der Waals surface area (Å²) in [6.45, 7) is 6.30. The van der Waals surface area contributed by atoms with Crippen LogP contribution in [0.3, 0.4) is 0 Å². The smallest absolute Gasteiger partial charge is 0.243 e. The number of hydrogen-bond acceptors (Lipinski definition) is 2. The quantitative estimate of drug-likeness (QED) is 0.857. The molecule has 2 N–H and O–H groups in total. The maximum absolute atomic E-state index is 12.2. The Morgan fingerprint density at radius 3 is 2.83 bits per heavy atom.